The minimum atomic E-state index is -4.45. The van der Waals surface area contributed by atoms with Crippen LogP contribution in [0.25, 0.3) is 21.8 Å². The molecular weight excluding hydrogens is 383 g/mol. The standard InChI is InChI=1S/C21H20F3N3S/c1-2-3-4-5-6-7-8-16-10-12-19(28-16)15-9-11-17(25-14-15)18-13-20(27-26-18)21(22,23)24/h9-14H,2-6H2,1H3,(H,26,27). The molecule has 0 fully saturated rings. The normalized spacial score (nSPS) is 11.3. The van der Waals surface area contributed by atoms with Crippen molar-refractivity contribution >= 4 is 11.3 Å². The first-order valence-corrected chi connectivity index (χ1v) is 9.97. The summed E-state index contributed by atoms with van der Waals surface area (Å²) in [5.74, 6) is 6.40. The molecule has 146 valence electrons. The van der Waals surface area contributed by atoms with Gasteiger partial charge in [-0.15, -0.1) is 11.3 Å². The van der Waals surface area contributed by atoms with Gasteiger partial charge in [0.25, 0.3) is 0 Å². The molecule has 0 aliphatic rings. The van der Waals surface area contributed by atoms with Crippen LogP contribution in [0.1, 0.15) is 49.6 Å². The number of nitrogens with zero attached hydrogens (tertiary/aromatic N) is 2. The molecular formula is C21H20F3N3S. The Labute approximate surface area is 166 Å². The van der Waals surface area contributed by atoms with Crippen molar-refractivity contribution in [2.75, 3.05) is 0 Å². The number of aromatic amines is 1. The van der Waals surface area contributed by atoms with Crippen LogP contribution in [-0.2, 0) is 6.18 Å². The summed E-state index contributed by atoms with van der Waals surface area (Å²) in [7, 11) is 0. The van der Waals surface area contributed by atoms with E-state index in [1.54, 1.807) is 23.6 Å². The number of aromatic nitrogens is 3. The van der Waals surface area contributed by atoms with E-state index in [0.717, 1.165) is 34.2 Å². The SMILES string of the molecule is CCCCCCC#Cc1ccc(-c2ccc(-c3cc(C(F)(F)F)[nH]n3)nc2)s1. The van der Waals surface area contributed by atoms with E-state index in [-0.39, 0.29) is 5.69 Å². The van der Waals surface area contributed by atoms with Crippen molar-refractivity contribution in [2.45, 2.75) is 45.2 Å². The van der Waals surface area contributed by atoms with Gasteiger partial charge in [0, 0.05) is 23.1 Å². The van der Waals surface area contributed by atoms with Crippen LogP contribution in [0.2, 0.25) is 0 Å². The van der Waals surface area contributed by atoms with Crippen molar-refractivity contribution in [3.8, 4) is 33.7 Å². The predicted molar refractivity (Wildman–Crippen MR) is 106 cm³/mol. The molecule has 0 saturated heterocycles. The molecule has 0 aromatic carbocycles. The number of halogens is 3. The van der Waals surface area contributed by atoms with Crippen molar-refractivity contribution in [3.63, 3.8) is 0 Å². The second-order valence-corrected chi connectivity index (χ2v) is 7.46. The summed E-state index contributed by atoms with van der Waals surface area (Å²) in [5, 5.41) is 5.70. The highest BCUT2D eigenvalue weighted by Crippen LogP contribution is 2.31. The van der Waals surface area contributed by atoms with Crippen LogP contribution in [-0.4, -0.2) is 15.2 Å². The summed E-state index contributed by atoms with van der Waals surface area (Å²) < 4.78 is 38.0. The zero-order valence-electron chi connectivity index (χ0n) is 15.4. The molecule has 7 heteroatoms. The molecule has 1 N–H and O–H groups in total. The number of H-pyrrole nitrogens is 1. The molecule has 3 heterocycles. The van der Waals surface area contributed by atoms with E-state index in [4.69, 9.17) is 0 Å². The first kappa shape index (κ1) is 20.2. The molecule has 0 saturated carbocycles. The van der Waals surface area contributed by atoms with Gasteiger partial charge in [-0.25, -0.2) is 0 Å². The maximum atomic E-state index is 12.7. The maximum absolute atomic E-state index is 12.7. The highest BCUT2D eigenvalue weighted by molar-refractivity contribution is 7.16. The van der Waals surface area contributed by atoms with Gasteiger partial charge in [-0.1, -0.05) is 38.0 Å². The zero-order chi connectivity index (χ0) is 20.0. The fraction of sp³-hybridized carbons (Fsp3) is 0.333. The summed E-state index contributed by atoms with van der Waals surface area (Å²) in [6.45, 7) is 2.19. The van der Waals surface area contributed by atoms with Crippen LogP contribution in [0.15, 0.2) is 36.5 Å². The molecule has 0 unspecified atom stereocenters. The van der Waals surface area contributed by atoms with Crippen molar-refractivity contribution < 1.29 is 13.2 Å². The predicted octanol–water partition coefficient (Wildman–Crippen LogP) is 6.54. The molecule has 28 heavy (non-hydrogen) atoms. The highest BCUT2D eigenvalue weighted by atomic mass is 32.1. The van der Waals surface area contributed by atoms with Gasteiger partial charge in [0.15, 0.2) is 0 Å². The van der Waals surface area contributed by atoms with Gasteiger partial charge >= 0.3 is 6.18 Å². The van der Waals surface area contributed by atoms with Gasteiger partial charge in [-0.2, -0.15) is 18.3 Å². The largest absolute Gasteiger partial charge is 0.432 e. The number of thiophene rings is 1. The zero-order valence-corrected chi connectivity index (χ0v) is 16.3. The number of pyridine rings is 1. The van der Waals surface area contributed by atoms with Gasteiger partial charge in [-0.3, -0.25) is 10.1 Å². The first-order chi connectivity index (χ1) is 13.5. The van der Waals surface area contributed by atoms with Crippen LogP contribution in [0.3, 0.4) is 0 Å². The van der Waals surface area contributed by atoms with Crippen molar-refractivity contribution in [3.05, 3.63) is 47.1 Å². The van der Waals surface area contributed by atoms with Crippen LogP contribution < -0.4 is 0 Å². The number of unbranched alkanes of at least 4 members (excludes halogenated alkanes) is 4. The van der Waals surface area contributed by atoms with E-state index in [0.29, 0.717) is 5.69 Å². The monoisotopic (exact) mass is 403 g/mol. The van der Waals surface area contributed by atoms with Gasteiger partial charge < -0.3 is 0 Å². The average Bonchev–Trinajstić information content (AvgIpc) is 3.34. The fourth-order valence-corrected chi connectivity index (χ4v) is 3.51. The lowest BCUT2D eigenvalue weighted by Crippen LogP contribution is -2.04. The van der Waals surface area contributed by atoms with Crippen LogP contribution >= 0.6 is 11.3 Å². The molecule has 0 amide bonds. The molecule has 0 bridgehead atoms. The Kier molecular flexibility index (Phi) is 6.53. The Hall–Kier alpha value is -2.59. The molecule has 0 spiro atoms. The molecule has 3 aromatic rings. The first-order valence-electron chi connectivity index (χ1n) is 9.15. The van der Waals surface area contributed by atoms with E-state index in [1.807, 2.05) is 23.3 Å². The van der Waals surface area contributed by atoms with Gasteiger partial charge in [0.1, 0.15) is 11.4 Å². The molecule has 0 atom stereocenters. The Morgan fingerprint density at radius 3 is 2.61 bits per heavy atom. The summed E-state index contributed by atoms with van der Waals surface area (Å²) in [6, 6.07) is 8.43. The Morgan fingerprint density at radius 2 is 1.93 bits per heavy atom. The quantitative estimate of drug-likeness (QED) is 0.375. The lowest BCUT2D eigenvalue weighted by Gasteiger charge is -2.00. The van der Waals surface area contributed by atoms with Gasteiger partial charge in [0.2, 0.25) is 0 Å². The Bertz CT molecular complexity index is 959. The molecule has 0 aliphatic carbocycles. The highest BCUT2D eigenvalue weighted by Gasteiger charge is 2.33. The van der Waals surface area contributed by atoms with E-state index in [9.17, 15) is 13.2 Å². The summed E-state index contributed by atoms with van der Waals surface area (Å²) in [5.41, 5.74) is 0.569. The Balaban J connectivity index is 1.65. The molecule has 3 nitrogen and oxygen atoms in total. The average molecular weight is 403 g/mol. The van der Waals surface area contributed by atoms with Crippen LogP contribution in [0, 0.1) is 11.8 Å². The molecule has 0 radical (unpaired) electrons. The lowest BCUT2D eigenvalue weighted by molar-refractivity contribution is -0.141. The Morgan fingerprint density at radius 1 is 1.07 bits per heavy atom. The molecule has 3 rings (SSSR count). The number of alkyl halides is 3. The minimum absolute atomic E-state index is 0.166. The van der Waals surface area contributed by atoms with E-state index < -0.39 is 11.9 Å². The third-order valence-electron chi connectivity index (χ3n) is 4.17. The number of rotatable bonds is 6. The molecule has 0 aliphatic heterocycles. The number of nitrogens with one attached hydrogen (secondary N) is 1. The van der Waals surface area contributed by atoms with Crippen LogP contribution in [0.5, 0.6) is 0 Å². The summed E-state index contributed by atoms with van der Waals surface area (Å²) in [4.78, 5) is 6.27. The van der Waals surface area contributed by atoms with Gasteiger partial charge in [0.05, 0.1) is 10.6 Å². The van der Waals surface area contributed by atoms with E-state index >= 15 is 0 Å². The second-order valence-electron chi connectivity index (χ2n) is 6.37. The van der Waals surface area contributed by atoms with Gasteiger partial charge in [-0.05, 0) is 36.8 Å². The van der Waals surface area contributed by atoms with Crippen molar-refractivity contribution in [1.29, 1.82) is 0 Å². The number of hydrogen-bond acceptors (Lipinski definition) is 3. The maximum Gasteiger partial charge on any atom is 0.432 e. The fourth-order valence-electron chi connectivity index (χ4n) is 2.64. The van der Waals surface area contributed by atoms with E-state index in [1.165, 1.54) is 19.3 Å². The van der Waals surface area contributed by atoms with Crippen molar-refractivity contribution in [2.24, 2.45) is 0 Å². The van der Waals surface area contributed by atoms with Crippen molar-refractivity contribution in [1.82, 2.24) is 15.2 Å². The second kappa shape index (κ2) is 9.07. The third kappa shape index (κ3) is 5.23. The molecule has 3 aromatic heterocycles. The minimum Gasteiger partial charge on any atom is -0.273 e. The van der Waals surface area contributed by atoms with Crippen LogP contribution in [0.4, 0.5) is 13.2 Å². The summed E-state index contributed by atoms with van der Waals surface area (Å²) in [6.07, 6.45) is 2.93. The van der Waals surface area contributed by atoms with E-state index in [2.05, 4.69) is 28.8 Å². The third-order valence-corrected chi connectivity index (χ3v) is 5.22. The topological polar surface area (TPSA) is 41.6 Å². The smallest absolute Gasteiger partial charge is 0.273 e. The lowest BCUT2D eigenvalue weighted by atomic mass is 10.1. The number of hydrogen-bond donors (Lipinski definition) is 1. The summed E-state index contributed by atoms with van der Waals surface area (Å²) >= 11 is 1.58.